The van der Waals surface area contributed by atoms with E-state index in [-0.39, 0.29) is 5.54 Å². The van der Waals surface area contributed by atoms with Gasteiger partial charge < -0.3 is 5.32 Å². The molecule has 1 aliphatic carbocycles. The topological polar surface area (TPSA) is 12.0 Å². The molecule has 0 aliphatic heterocycles. The van der Waals surface area contributed by atoms with Crippen molar-refractivity contribution in [2.24, 2.45) is 11.8 Å². The summed E-state index contributed by atoms with van der Waals surface area (Å²) in [5.41, 5.74) is 0.253. The van der Waals surface area contributed by atoms with E-state index in [0.717, 1.165) is 24.3 Å². The lowest BCUT2D eigenvalue weighted by molar-refractivity contribution is 0.215. The Morgan fingerprint density at radius 3 is 2.40 bits per heavy atom. The molecule has 0 atom stereocenters. The Hall–Kier alpha value is 0.250. The molecule has 0 heterocycles. The standard InChI is InChI=1S/C13H26ClN/c1-11(2)6-9-15-13(10-14)7-4-12(3)5-8-13/h11-12,15H,4-10H2,1-3H3. The fraction of sp³-hybridized carbons (Fsp3) is 1.00. The number of alkyl halides is 1. The molecule has 1 aliphatic rings. The van der Waals surface area contributed by atoms with Crippen molar-refractivity contribution >= 4 is 11.6 Å². The summed E-state index contributed by atoms with van der Waals surface area (Å²) >= 11 is 6.14. The molecule has 0 spiro atoms. The Bertz CT molecular complexity index is 171. The number of halogens is 1. The van der Waals surface area contributed by atoms with Crippen molar-refractivity contribution in [2.45, 2.75) is 58.4 Å². The summed E-state index contributed by atoms with van der Waals surface area (Å²) in [4.78, 5) is 0. The van der Waals surface area contributed by atoms with Crippen LogP contribution in [0.2, 0.25) is 0 Å². The number of hydrogen-bond donors (Lipinski definition) is 1. The first kappa shape index (κ1) is 13.3. The van der Waals surface area contributed by atoms with Crippen molar-refractivity contribution < 1.29 is 0 Å². The van der Waals surface area contributed by atoms with Gasteiger partial charge in [-0.05, 0) is 50.5 Å². The molecule has 1 nitrogen and oxygen atoms in total. The van der Waals surface area contributed by atoms with E-state index in [4.69, 9.17) is 11.6 Å². The lowest BCUT2D eigenvalue weighted by Gasteiger charge is -2.39. The van der Waals surface area contributed by atoms with Crippen LogP contribution in [0.25, 0.3) is 0 Å². The number of hydrogen-bond acceptors (Lipinski definition) is 1. The largest absolute Gasteiger partial charge is 0.310 e. The molecule has 1 N–H and O–H groups in total. The molecule has 15 heavy (non-hydrogen) atoms. The molecular weight excluding hydrogens is 206 g/mol. The van der Waals surface area contributed by atoms with Crippen LogP contribution >= 0.6 is 11.6 Å². The third-order valence-electron chi connectivity index (χ3n) is 3.71. The molecular formula is C13H26ClN. The number of rotatable bonds is 5. The lowest BCUT2D eigenvalue weighted by Crippen LogP contribution is -2.49. The van der Waals surface area contributed by atoms with Crippen molar-refractivity contribution in [2.75, 3.05) is 12.4 Å². The van der Waals surface area contributed by atoms with E-state index >= 15 is 0 Å². The van der Waals surface area contributed by atoms with Crippen LogP contribution in [0, 0.1) is 11.8 Å². The average Bonchev–Trinajstić information content (AvgIpc) is 2.21. The zero-order valence-corrected chi connectivity index (χ0v) is 11.2. The van der Waals surface area contributed by atoms with Gasteiger partial charge >= 0.3 is 0 Å². The maximum absolute atomic E-state index is 6.14. The zero-order chi connectivity index (χ0) is 11.3. The third-order valence-corrected chi connectivity index (χ3v) is 4.22. The second-order valence-corrected chi connectivity index (χ2v) is 5.97. The van der Waals surface area contributed by atoms with E-state index in [9.17, 15) is 0 Å². The van der Waals surface area contributed by atoms with Crippen LogP contribution in [0.4, 0.5) is 0 Å². The van der Waals surface area contributed by atoms with Gasteiger partial charge in [-0.1, -0.05) is 20.8 Å². The molecule has 1 rings (SSSR count). The summed E-state index contributed by atoms with van der Waals surface area (Å²) in [5, 5.41) is 3.70. The molecule has 0 aromatic carbocycles. The fourth-order valence-electron chi connectivity index (χ4n) is 2.30. The second-order valence-electron chi connectivity index (χ2n) is 5.71. The van der Waals surface area contributed by atoms with Gasteiger partial charge in [0.1, 0.15) is 0 Å². The first-order valence-corrected chi connectivity index (χ1v) is 6.92. The highest BCUT2D eigenvalue weighted by atomic mass is 35.5. The quantitative estimate of drug-likeness (QED) is 0.710. The summed E-state index contributed by atoms with van der Waals surface area (Å²) in [6.45, 7) is 8.03. The predicted octanol–water partition coefficient (Wildman–Crippen LogP) is 3.81. The van der Waals surface area contributed by atoms with Gasteiger partial charge in [0.25, 0.3) is 0 Å². The minimum atomic E-state index is 0.253. The van der Waals surface area contributed by atoms with Crippen LogP contribution in [0.5, 0.6) is 0 Å². The average molecular weight is 232 g/mol. The van der Waals surface area contributed by atoms with Gasteiger partial charge in [-0.15, -0.1) is 11.6 Å². The third kappa shape index (κ3) is 4.32. The van der Waals surface area contributed by atoms with Crippen LogP contribution in [0.15, 0.2) is 0 Å². The fourth-order valence-corrected chi connectivity index (χ4v) is 2.66. The molecule has 0 bridgehead atoms. The van der Waals surface area contributed by atoms with E-state index in [1.165, 1.54) is 32.1 Å². The van der Waals surface area contributed by atoms with Crippen molar-refractivity contribution in [1.29, 1.82) is 0 Å². The van der Waals surface area contributed by atoms with Crippen LogP contribution in [0.3, 0.4) is 0 Å². The monoisotopic (exact) mass is 231 g/mol. The van der Waals surface area contributed by atoms with Crippen LogP contribution in [0.1, 0.15) is 52.9 Å². The maximum Gasteiger partial charge on any atom is 0.0406 e. The van der Waals surface area contributed by atoms with Crippen molar-refractivity contribution in [3.8, 4) is 0 Å². The Morgan fingerprint density at radius 2 is 1.93 bits per heavy atom. The van der Waals surface area contributed by atoms with Crippen molar-refractivity contribution in [3.05, 3.63) is 0 Å². The Kier molecular flexibility index (Phi) is 5.42. The first-order valence-electron chi connectivity index (χ1n) is 6.39. The highest BCUT2D eigenvalue weighted by molar-refractivity contribution is 6.18. The minimum absolute atomic E-state index is 0.253. The van der Waals surface area contributed by atoms with E-state index in [2.05, 4.69) is 26.1 Å². The molecule has 90 valence electrons. The van der Waals surface area contributed by atoms with Crippen molar-refractivity contribution in [1.82, 2.24) is 5.32 Å². The van der Waals surface area contributed by atoms with Gasteiger partial charge in [-0.2, -0.15) is 0 Å². The minimum Gasteiger partial charge on any atom is -0.310 e. The Morgan fingerprint density at radius 1 is 1.33 bits per heavy atom. The highest BCUT2D eigenvalue weighted by Gasteiger charge is 2.32. The summed E-state index contributed by atoms with van der Waals surface area (Å²) in [7, 11) is 0. The van der Waals surface area contributed by atoms with E-state index in [1.54, 1.807) is 0 Å². The van der Waals surface area contributed by atoms with Gasteiger partial charge in [0.2, 0.25) is 0 Å². The smallest absolute Gasteiger partial charge is 0.0406 e. The molecule has 1 fully saturated rings. The summed E-state index contributed by atoms with van der Waals surface area (Å²) in [6.07, 6.45) is 6.45. The summed E-state index contributed by atoms with van der Waals surface area (Å²) < 4.78 is 0. The summed E-state index contributed by atoms with van der Waals surface area (Å²) in [5.74, 6) is 2.46. The molecule has 0 unspecified atom stereocenters. The van der Waals surface area contributed by atoms with Gasteiger partial charge in [0.05, 0.1) is 0 Å². The van der Waals surface area contributed by atoms with Gasteiger partial charge in [-0.25, -0.2) is 0 Å². The van der Waals surface area contributed by atoms with Crippen LogP contribution < -0.4 is 5.32 Å². The molecule has 0 saturated heterocycles. The lowest BCUT2D eigenvalue weighted by atomic mass is 9.78. The SMILES string of the molecule is CC(C)CCNC1(CCl)CCC(C)CC1. The van der Waals surface area contributed by atoms with E-state index in [0.29, 0.717) is 0 Å². The van der Waals surface area contributed by atoms with Crippen molar-refractivity contribution in [3.63, 3.8) is 0 Å². The molecule has 0 aromatic heterocycles. The zero-order valence-electron chi connectivity index (χ0n) is 10.5. The predicted molar refractivity (Wildman–Crippen MR) is 68.5 cm³/mol. The van der Waals surface area contributed by atoms with Gasteiger partial charge in [0, 0.05) is 11.4 Å². The molecule has 0 aromatic rings. The maximum atomic E-state index is 6.14. The molecule has 2 heteroatoms. The van der Waals surface area contributed by atoms with Crippen LogP contribution in [-0.4, -0.2) is 18.0 Å². The normalized spacial score (nSPS) is 32.2. The molecule has 0 radical (unpaired) electrons. The highest BCUT2D eigenvalue weighted by Crippen LogP contribution is 2.32. The Balaban J connectivity index is 2.33. The molecule has 0 amide bonds. The van der Waals surface area contributed by atoms with Gasteiger partial charge in [0.15, 0.2) is 0 Å². The first-order chi connectivity index (χ1) is 7.08. The summed E-state index contributed by atoms with van der Waals surface area (Å²) in [6, 6.07) is 0. The Labute approximate surface area is 100.0 Å². The number of nitrogens with one attached hydrogen (secondary N) is 1. The van der Waals surface area contributed by atoms with Crippen LogP contribution in [-0.2, 0) is 0 Å². The van der Waals surface area contributed by atoms with E-state index < -0.39 is 0 Å². The van der Waals surface area contributed by atoms with Gasteiger partial charge in [-0.3, -0.25) is 0 Å². The second kappa shape index (κ2) is 6.10. The van der Waals surface area contributed by atoms with E-state index in [1.807, 2.05) is 0 Å². The molecule has 1 saturated carbocycles.